The first-order valence-corrected chi connectivity index (χ1v) is 5.83. The van der Waals surface area contributed by atoms with Gasteiger partial charge in [0.25, 0.3) is 0 Å². The minimum atomic E-state index is -0.493. The normalized spacial score (nSPS) is 10.4. The fourth-order valence-electron chi connectivity index (χ4n) is 1.84. The molecule has 0 bridgehead atoms. The number of carbonyl (C=O) groups excluding carboxylic acids is 1. The number of nitrogens with two attached hydrogens (primary N) is 1. The van der Waals surface area contributed by atoms with E-state index in [1.165, 1.54) is 10.9 Å². The summed E-state index contributed by atoms with van der Waals surface area (Å²) < 4.78 is 0. The van der Waals surface area contributed by atoms with Crippen molar-refractivity contribution in [3.63, 3.8) is 0 Å². The van der Waals surface area contributed by atoms with Gasteiger partial charge >= 0.3 is 6.03 Å². The number of carbonyl (C=O) groups is 1. The summed E-state index contributed by atoms with van der Waals surface area (Å²) in [7, 11) is 0. The van der Waals surface area contributed by atoms with Crippen LogP contribution in [0.4, 0.5) is 4.79 Å². The quantitative estimate of drug-likeness (QED) is 0.686. The highest BCUT2D eigenvalue weighted by Crippen LogP contribution is 2.16. The molecule has 1 aromatic carbocycles. The van der Waals surface area contributed by atoms with E-state index in [-0.39, 0.29) is 0 Å². The summed E-state index contributed by atoms with van der Waals surface area (Å²) in [6, 6.07) is 7.65. The monoisotopic (exact) mass is 244 g/mol. The number of hydrogen-bond donors (Lipinski definition) is 3. The number of pyridine rings is 1. The van der Waals surface area contributed by atoms with Crippen molar-refractivity contribution >= 4 is 16.8 Å². The van der Waals surface area contributed by atoms with Crippen molar-refractivity contribution in [1.82, 2.24) is 15.6 Å². The summed E-state index contributed by atoms with van der Waals surface area (Å²) in [5.74, 6) is 0. The zero-order chi connectivity index (χ0) is 12.8. The van der Waals surface area contributed by atoms with Crippen LogP contribution in [0.1, 0.15) is 5.56 Å². The van der Waals surface area contributed by atoms with Crippen LogP contribution in [-0.4, -0.2) is 24.1 Å². The first-order chi connectivity index (χ1) is 8.77. The van der Waals surface area contributed by atoms with Crippen LogP contribution in [0.3, 0.4) is 0 Å². The van der Waals surface area contributed by atoms with Crippen molar-refractivity contribution in [3.8, 4) is 0 Å². The van der Waals surface area contributed by atoms with Crippen LogP contribution in [0.15, 0.2) is 36.7 Å². The van der Waals surface area contributed by atoms with Crippen molar-refractivity contribution in [2.75, 3.05) is 13.1 Å². The zero-order valence-corrected chi connectivity index (χ0v) is 10.0. The van der Waals surface area contributed by atoms with E-state index in [9.17, 15) is 4.79 Å². The smallest absolute Gasteiger partial charge is 0.312 e. The molecule has 1 heterocycles. The van der Waals surface area contributed by atoms with E-state index in [2.05, 4.69) is 21.7 Å². The second-order valence-electron chi connectivity index (χ2n) is 3.98. The third-order valence-electron chi connectivity index (χ3n) is 2.69. The maximum absolute atomic E-state index is 10.5. The van der Waals surface area contributed by atoms with E-state index in [1.54, 1.807) is 6.20 Å². The van der Waals surface area contributed by atoms with Crippen LogP contribution < -0.4 is 16.4 Å². The van der Waals surface area contributed by atoms with Gasteiger partial charge in [0.05, 0.1) is 0 Å². The maximum atomic E-state index is 10.5. The van der Waals surface area contributed by atoms with Gasteiger partial charge in [-0.2, -0.15) is 0 Å². The van der Waals surface area contributed by atoms with Crippen LogP contribution in [0.25, 0.3) is 10.8 Å². The first kappa shape index (κ1) is 12.3. The van der Waals surface area contributed by atoms with Crippen LogP contribution in [0.2, 0.25) is 0 Å². The Morgan fingerprint density at radius 2 is 2.17 bits per heavy atom. The number of benzene rings is 1. The summed E-state index contributed by atoms with van der Waals surface area (Å²) in [4.78, 5) is 14.6. The summed E-state index contributed by atoms with van der Waals surface area (Å²) in [5, 5.41) is 8.12. The molecule has 0 unspecified atom stereocenters. The fourth-order valence-corrected chi connectivity index (χ4v) is 1.84. The minimum Gasteiger partial charge on any atom is -0.352 e. The molecule has 0 spiro atoms. The Labute approximate surface area is 105 Å². The van der Waals surface area contributed by atoms with Gasteiger partial charge in [0.15, 0.2) is 0 Å². The standard InChI is InChI=1S/C13H16N4O/c14-13(18)17-7-6-16-9-11-3-1-2-10-8-15-5-4-12(10)11/h1-5,8,16H,6-7,9H2,(H3,14,17,18). The highest BCUT2D eigenvalue weighted by molar-refractivity contribution is 5.84. The molecule has 0 aliphatic carbocycles. The lowest BCUT2D eigenvalue weighted by Crippen LogP contribution is -2.35. The van der Waals surface area contributed by atoms with Gasteiger partial charge in [-0.05, 0) is 17.0 Å². The number of nitrogens with one attached hydrogen (secondary N) is 2. The molecule has 0 aliphatic heterocycles. The molecule has 0 saturated carbocycles. The predicted molar refractivity (Wildman–Crippen MR) is 71.0 cm³/mol. The molecule has 0 saturated heterocycles. The Morgan fingerprint density at radius 3 is 3.00 bits per heavy atom. The molecule has 2 amide bonds. The summed E-state index contributed by atoms with van der Waals surface area (Å²) in [6.07, 6.45) is 3.65. The number of amides is 2. The third kappa shape index (κ3) is 3.18. The fraction of sp³-hybridized carbons (Fsp3) is 0.231. The van der Waals surface area contributed by atoms with Gasteiger partial charge in [0.2, 0.25) is 0 Å². The molecular weight excluding hydrogens is 228 g/mol. The summed E-state index contributed by atoms with van der Waals surface area (Å²) in [6.45, 7) is 1.97. The maximum Gasteiger partial charge on any atom is 0.312 e. The number of rotatable bonds is 5. The Kier molecular flexibility index (Phi) is 4.09. The van der Waals surface area contributed by atoms with Gasteiger partial charge in [0.1, 0.15) is 0 Å². The molecule has 1 aromatic heterocycles. The topological polar surface area (TPSA) is 80.0 Å². The lowest BCUT2D eigenvalue weighted by atomic mass is 10.1. The molecule has 0 radical (unpaired) electrons. The van der Waals surface area contributed by atoms with E-state index in [0.717, 1.165) is 11.9 Å². The molecule has 94 valence electrons. The molecule has 0 atom stereocenters. The summed E-state index contributed by atoms with van der Waals surface area (Å²) in [5.41, 5.74) is 6.19. The van der Waals surface area contributed by atoms with Gasteiger partial charge in [-0.1, -0.05) is 18.2 Å². The molecule has 0 aliphatic rings. The molecule has 18 heavy (non-hydrogen) atoms. The van der Waals surface area contributed by atoms with Crippen LogP contribution in [0.5, 0.6) is 0 Å². The van der Waals surface area contributed by atoms with Crippen molar-refractivity contribution in [2.45, 2.75) is 6.54 Å². The lowest BCUT2D eigenvalue weighted by Gasteiger charge is -2.08. The van der Waals surface area contributed by atoms with Crippen LogP contribution in [-0.2, 0) is 6.54 Å². The highest BCUT2D eigenvalue weighted by Gasteiger charge is 1.99. The first-order valence-electron chi connectivity index (χ1n) is 5.83. The molecule has 5 heteroatoms. The van der Waals surface area contributed by atoms with E-state index >= 15 is 0 Å². The molecule has 2 rings (SSSR count). The number of hydrogen-bond acceptors (Lipinski definition) is 3. The van der Waals surface area contributed by atoms with E-state index in [0.29, 0.717) is 13.1 Å². The Hall–Kier alpha value is -2.14. The van der Waals surface area contributed by atoms with Crippen molar-refractivity contribution in [1.29, 1.82) is 0 Å². The van der Waals surface area contributed by atoms with E-state index in [1.807, 2.05) is 24.4 Å². The minimum absolute atomic E-state index is 0.493. The van der Waals surface area contributed by atoms with Crippen molar-refractivity contribution in [3.05, 3.63) is 42.2 Å². The van der Waals surface area contributed by atoms with Crippen LogP contribution in [0, 0.1) is 0 Å². The SMILES string of the molecule is NC(=O)NCCNCc1cccc2cnccc12. The number of fused-ring (bicyclic) bond motifs is 1. The van der Waals surface area contributed by atoms with Crippen LogP contribution >= 0.6 is 0 Å². The van der Waals surface area contributed by atoms with Gasteiger partial charge in [-0.3, -0.25) is 4.98 Å². The highest BCUT2D eigenvalue weighted by atomic mass is 16.2. The van der Waals surface area contributed by atoms with Gasteiger partial charge in [-0.15, -0.1) is 0 Å². The Morgan fingerprint density at radius 1 is 1.28 bits per heavy atom. The second-order valence-corrected chi connectivity index (χ2v) is 3.98. The van der Waals surface area contributed by atoms with Gasteiger partial charge in [-0.25, -0.2) is 4.79 Å². The van der Waals surface area contributed by atoms with Gasteiger partial charge in [0, 0.05) is 37.4 Å². The van der Waals surface area contributed by atoms with Crippen molar-refractivity contribution in [2.24, 2.45) is 5.73 Å². The predicted octanol–water partition coefficient (Wildman–Crippen LogP) is 0.993. The number of aromatic nitrogens is 1. The average Bonchev–Trinajstić information content (AvgIpc) is 2.38. The number of nitrogens with zero attached hydrogens (tertiary/aromatic N) is 1. The second kappa shape index (κ2) is 5.97. The average molecular weight is 244 g/mol. The van der Waals surface area contributed by atoms with Crippen molar-refractivity contribution < 1.29 is 4.79 Å². The molecule has 0 fully saturated rings. The molecule has 5 nitrogen and oxygen atoms in total. The molecule has 2 aromatic rings. The Balaban J connectivity index is 1.93. The molecule has 4 N–H and O–H groups in total. The largest absolute Gasteiger partial charge is 0.352 e. The van der Waals surface area contributed by atoms with E-state index < -0.39 is 6.03 Å². The number of urea groups is 1. The molecular formula is C13H16N4O. The third-order valence-corrected chi connectivity index (χ3v) is 2.69. The van der Waals surface area contributed by atoms with Gasteiger partial charge < -0.3 is 16.4 Å². The summed E-state index contributed by atoms with van der Waals surface area (Å²) >= 11 is 0. The number of primary amides is 1. The lowest BCUT2D eigenvalue weighted by molar-refractivity contribution is 0.249. The van der Waals surface area contributed by atoms with E-state index in [4.69, 9.17) is 5.73 Å². The zero-order valence-electron chi connectivity index (χ0n) is 10.0. The Bertz CT molecular complexity index is 536.